The van der Waals surface area contributed by atoms with Crippen molar-refractivity contribution in [3.63, 3.8) is 0 Å². The highest BCUT2D eigenvalue weighted by atomic mass is 16.5. The number of methoxy groups -OCH3 is 1. The molecule has 0 aromatic heterocycles. The van der Waals surface area contributed by atoms with Gasteiger partial charge in [0.25, 0.3) is 0 Å². The molecule has 0 aliphatic carbocycles. The molecule has 1 aromatic rings. The Balaban J connectivity index is 2.15. The van der Waals surface area contributed by atoms with Crippen molar-refractivity contribution in [1.82, 2.24) is 4.90 Å². The SMILES string of the molecule is COc1ccc(C=O)cc1CN1CCC(C)(C(N)=O)C1. The van der Waals surface area contributed by atoms with Gasteiger partial charge in [-0.15, -0.1) is 0 Å². The average molecular weight is 276 g/mol. The molecule has 1 atom stereocenters. The highest BCUT2D eigenvalue weighted by molar-refractivity contribution is 5.81. The number of nitrogens with zero attached hydrogens (tertiary/aromatic N) is 1. The molecule has 0 radical (unpaired) electrons. The molecule has 1 aliphatic rings. The quantitative estimate of drug-likeness (QED) is 0.820. The molecule has 1 unspecified atom stereocenters. The number of primary amides is 1. The van der Waals surface area contributed by atoms with E-state index in [1.807, 2.05) is 13.0 Å². The summed E-state index contributed by atoms with van der Waals surface area (Å²) in [5.41, 5.74) is 6.56. The number of hydrogen-bond donors (Lipinski definition) is 1. The molecule has 108 valence electrons. The zero-order valence-electron chi connectivity index (χ0n) is 11.9. The summed E-state index contributed by atoms with van der Waals surface area (Å²) in [4.78, 5) is 24.5. The molecule has 0 bridgehead atoms. The molecular formula is C15H20N2O3. The van der Waals surface area contributed by atoms with E-state index in [0.29, 0.717) is 18.7 Å². The molecule has 0 spiro atoms. The summed E-state index contributed by atoms with van der Waals surface area (Å²) in [5, 5.41) is 0. The molecule has 2 rings (SSSR count). The maximum absolute atomic E-state index is 11.5. The fourth-order valence-corrected chi connectivity index (χ4v) is 2.63. The third-order valence-electron chi connectivity index (χ3n) is 3.98. The van der Waals surface area contributed by atoms with Gasteiger partial charge in [-0.2, -0.15) is 0 Å². The Morgan fingerprint density at radius 1 is 1.55 bits per heavy atom. The van der Waals surface area contributed by atoms with Crippen LogP contribution in [0.2, 0.25) is 0 Å². The minimum atomic E-state index is -0.463. The Labute approximate surface area is 118 Å². The third-order valence-corrected chi connectivity index (χ3v) is 3.98. The number of carbonyl (C=O) groups is 2. The van der Waals surface area contributed by atoms with Gasteiger partial charge in [0.1, 0.15) is 12.0 Å². The maximum Gasteiger partial charge on any atom is 0.224 e. The van der Waals surface area contributed by atoms with Gasteiger partial charge in [-0.05, 0) is 38.1 Å². The van der Waals surface area contributed by atoms with Gasteiger partial charge in [-0.3, -0.25) is 14.5 Å². The number of nitrogens with two attached hydrogens (primary N) is 1. The van der Waals surface area contributed by atoms with Crippen molar-refractivity contribution in [3.8, 4) is 5.75 Å². The standard InChI is InChI=1S/C15H20N2O3/c1-15(14(16)19)5-6-17(10-15)8-12-7-11(9-18)3-4-13(12)20-2/h3-4,7,9H,5-6,8,10H2,1-2H3,(H2,16,19). The van der Waals surface area contributed by atoms with Crippen molar-refractivity contribution in [2.45, 2.75) is 19.9 Å². The van der Waals surface area contributed by atoms with Crippen LogP contribution in [-0.2, 0) is 11.3 Å². The molecule has 1 aromatic carbocycles. The number of hydrogen-bond acceptors (Lipinski definition) is 4. The maximum atomic E-state index is 11.5. The lowest BCUT2D eigenvalue weighted by atomic mass is 9.89. The van der Waals surface area contributed by atoms with E-state index in [-0.39, 0.29) is 5.91 Å². The molecule has 1 aliphatic heterocycles. The summed E-state index contributed by atoms with van der Waals surface area (Å²) in [6.45, 7) is 3.99. The van der Waals surface area contributed by atoms with Gasteiger partial charge < -0.3 is 10.5 Å². The molecule has 1 saturated heterocycles. The highest BCUT2D eigenvalue weighted by Crippen LogP contribution is 2.31. The van der Waals surface area contributed by atoms with Crippen LogP contribution < -0.4 is 10.5 Å². The van der Waals surface area contributed by atoms with E-state index in [9.17, 15) is 9.59 Å². The molecule has 5 nitrogen and oxygen atoms in total. The Kier molecular flexibility index (Phi) is 4.09. The van der Waals surface area contributed by atoms with E-state index in [4.69, 9.17) is 10.5 Å². The lowest BCUT2D eigenvalue weighted by molar-refractivity contribution is -0.126. The Morgan fingerprint density at radius 3 is 2.85 bits per heavy atom. The van der Waals surface area contributed by atoms with Gasteiger partial charge in [0, 0.05) is 24.2 Å². The van der Waals surface area contributed by atoms with Crippen LogP contribution in [0.25, 0.3) is 0 Å². The van der Waals surface area contributed by atoms with Crippen LogP contribution in [-0.4, -0.2) is 37.3 Å². The number of likely N-dealkylation sites (tertiary alicyclic amines) is 1. The summed E-state index contributed by atoms with van der Waals surface area (Å²) in [5.74, 6) is 0.497. The van der Waals surface area contributed by atoms with Crippen LogP contribution in [0.15, 0.2) is 18.2 Å². The van der Waals surface area contributed by atoms with Crippen molar-refractivity contribution in [2.75, 3.05) is 20.2 Å². The van der Waals surface area contributed by atoms with E-state index < -0.39 is 5.41 Å². The van der Waals surface area contributed by atoms with Crippen molar-refractivity contribution in [1.29, 1.82) is 0 Å². The molecular weight excluding hydrogens is 256 g/mol. The first-order chi connectivity index (χ1) is 9.48. The van der Waals surface area contributed by atoms with E-state index >= 15 is 0 Å². The lowest BCUT2D eigenvalue weighted by Crippen LogP contribution is -2.36. The summed E-state index contributed by atoms with van der Waals surface area (Å²) in [6, 6.07) is 5.35. The minimum Gasteiger partial charge on any atom is -0.496 e. The Hall–Kier alpha value is -1.88. The van der Waals surface area contributed by atoms with Crippen molar-refractivity contribution >= 4 is 12.2 Å². The number of carbonyl (C=O) groups excluding carboxylic acids is 2. The number of aldehydes is 1. The second-order valence-electron chi connectivity index (χ2n) is 5.57. The monoisotopic (exact) mass is 276 g/mol. The fraction of sp³-hybridized carbons (Fsp3) is 0.467. The molecule has 5 heteroatoms. The second-order valence-corrected chi connectivity index (χ2v) is 5.57. The van der Waals surface area contributed by atoms with Crippen LogP contribution >= 0.6 is 0 Å². The van der Waals surface area contributed by atoms with Crippen molar-refractivity contribution in [3.05, 3.63) is 29.3 Å². The minimum absolute atomic E-state index is 0.256. The predicted molar refractivity (Wildman–Crippen MR) is 75.6 cm³/mol. The van der Waals surface area contributed by atoms with Crippen LogP contribution in [0.5, 0.6) is 5.75 Å². The predicted octanol–water partition coefficient (Wildman–Crippen LogP) is 1.20. The van der Waals surface area contributed by atoms with Crippen LogP contribution in [0.3, 0.4) is 0 Å². The van der Waals surface area contributed by atoms with Crippen molar-refractivity contribution < 1.29 is 14.3 Å². The molecule has 1 fully saturated rings. The van der Waals surface area contributed by atoms with Gasteiger partial charge in [-0.25, -0.2) is 0 Å². The first-order valence-corrected chi connectivity index (χ1v) is 6.63. The average Bonchev–Trinajstić information content (AvgIpc) is 2.81. The first kappa shape index (κ1) is 14.5. The van der Waals surface area contributed by atoms with Crippen LogP contribution in [0.1, 0.15) is 29.3 Å². The van der Waals surface area contributed by atoms with Crippen LogP contribution in [0, 0.1) is 5.41 Å². The van der Waals surface area contributed by atoms with Gasteiger partial charge in [0.2, 0.25) is 5.91 Å². The van der Waals surface area contributed by atoms with Crippen molar-refractivity contribution in [2.24, 2.45) is 11.1 Å². The molecule has 1 amide bonds. The van der Waals surface area contributed by atoms with E-state index in [1.54, 1.807) is 19.2 Å². The number of ether oxygens (including phenoxy) is 1. The zero-order valence-corrected chi connectivity index (χ0v) is 11.9. The number of rotatable bonds is 5. The fourth-order valence-electron chi connectivity index (χ4n) is 2.63. The largest absolute Gasteiger partial charge is 0.496 e. The highest BCUT2D eigenvalue weighted by Gasteiger charge is 2.38. The van der Waals surface area contributed by atoms with E-state index in [2.05, 4.69) is 4.90 Å². The first-order valence-electron chi connectivity index (χ1n) is 6.63. The summed E-state index contributed by atoms with van der Waals surface area (Å²) in [7, 11) is 1.61. The van der Waals surface area contributed by atoms with E-state index in [1.165, 1.54) is 0 Å². The number of amides is 1. The van der Waals surface area contributed by atoms with Crippen LogP contribution in [0.4, 0.5) is 0 Å². The number of benzene rings is 1. The third kappa shape index (κ3) is 2.82. The molecule has 20 heavy (non-hydrogen) atoms. The smallest absolute Gasteiger partial charge is 0.224 e. The normalized spacial score (nSPS) is 22.7. The summed E-state index contributed by atoms with van der Waals surface area (Å²) < 4.78 is 5.32. The molecule has 0 saturated carbocycles. The lowest BCUT2D eigenvalue weighted by Gasteiger charge is -2.21. The second kappa shape index (κ2) is 5.63. The summed E-state index contributed by atoms with van der Waals surface area (Å²) in [6.07, 6.45) is 1.58. The van der Waals surface area contributed by atoms with E-state index in [0.717, 1.165) is 30.6 Å². The molecule has 2 N–H and O–H groups in total. The molecule has 1 heterocycles. The Morgan fingerprint density at radius 2 is 2.30 bits per heavy atom. The van der Waals surface area contributed by atoms with Gasteiger partial charge in [0.15, 0.2) is 0 Å². The van der Waals surface area contributed by atoms with Gasteiger partial charge in [-0.1, -0.05) is 0 Å². The Bertz CT molecular complexity index is 530. The topological polar surface area (TPSA) is 72.6 Å². The van der Waals surface area contributed by atoms with Gasteiger partial charge >= 0.3 is 0 Å². The summed E-state index contributed by atoms with van der Waals surface area (Å²) >= 11 is 0. The van der Waals surface area contributed by atoms with Gasteiger partial charge in [0.05, 0.1) is 12.5 Å². The zero-order chi connectivity index (χ0) is 14.8.